The lowest BCUT2D eigenvalue weighted by molar-refractivity contribution is 0.0962. The van der Waals surface area contributed by atoms with E-state index in [-0.39, 0.29) is 41.2 Å². The maximum atomic E-state index is 14.3. The number of hydrogen-bond acceptors (Lipinski definition) is 17. The van der Waals surface area contributed by atoms with Gasteiger partial charge in [0.1, 0.15) is 18.2 Å². The maximum absolute atomic E-state index is 14.3. The van der Waals surface area contributed by atoms with Gasteiger partial charge in [0.05, 0.1) is 66.3 Å². The number of halogens is 2. The molecule has 2 aromatic carbocycles. The average Bonchev–Trinajstić information content (AvgIpc) is 3.33. The number of pyridine rings is 2. The third kappa shape index (κ3) is 13.3. The number of aromatic nitrogens is 6. The summed E-state index contributed by atoms with van der Waals surface area (Å²) < 4.78 is 48.6. The number of aryl methyl sites for hydroxylation is 2. The first-order chi connectivity index (χ1) is 33.4. The summed E-state index contributed by atoms with van der Waals surface area (Å²) in [5.74, 6) is 5.06. The summed E-state index contributed by atoms with van der Waals surface area (Å²) >= 11 is 0. The van der Waals surface area contributed by atoms with Gasteiger partial charge in [0.2, 0.25) is 23.7 Å². The van der Waals surface area contributed by atoms with E-state index in [1.54, 1.807) is 64.7 Å². The first kappa shape index (κ1) is 51.3. The van der Waals surface area contributed by atoms with Gasteiger partial charge < -0.3 is 40.1 Å². The van der Waals surface area contributed by atoms with E-state index in [1.165, 1.54) is 31.4 Å². The number of fused-ring (bicyclic) bond motifs is 2. The van der Waals surface area contributed by atoms with Gasteiger partial charge in [-0.3, -0.25) is 4.79 Å². The zero-order chi connectivity index (χ0) is 49.5. The van der Waals surface area contributed by atoms with E-state index in [2.05, 4.69) is 39.9 Å². The molecule has 6 aromatic rings. The molecule has 0 radical (unpaired) electrons. The highest BCUT2D eigenvalue weighted by molar-refractivity contribution is 6.04. The van der Waals surface area contributed by atoms with Crippen LogP contribution in [-0.4, -0.2) is 96.3 Å². The van der Waals surface area contributed by atoms with Crippen molar-refractivity contribution in [2.24, 2.45) is 11.1 Å². The fourth-order valence-electron chi connectivity index (χ4n) is 8.39. The minimum Gasteiger partial charge on any atom is -0.481 e. The highest BCUT2D eigenvalue weighted by Gasteiger charge is 2.33. The van der Waals surface area contributed by atoms with Crippen molar-refractivity contribution in [3.8, 4) is 34.3 Å². The van der Waals surface area contributed by atoms with Crippen LogP contribution >= 0.6 is 0 Å². The van der Waals surface area contributed by atoms with Crippen LogP contribution in [0.4, 0.5) is 20.7 Å². The van der Waals surface area contributed by atoms with Crippen molar-refractivity contribution >= 4 is 23.4 Å². The van der Waals surface area contributed by atoms with E-state index < -0.39 is 0 Å². The Morgan fingerprint density at radius 3 is 1.61 bits per heavy atom. The zero-order valence-corrected chi connectivity index (χ0v) is 39.6. The molecule has 2 atom stereocenters. The third-order valence-corrected chi connectivity index (χ3v) is 11.4. The number of ketones is 1. The molecule has 0 aliphatic heterocycles. The molecule has 364 valence electrons. The zero-order valence-electron chi connectivity index (χ0n) is 39.6. The average molecular weight is 949 g/mol. The molecule has 4 aromatic heterocycles. The third-order valence-electron chi connectivity index (χ3n) is 11.4. The molecule has 8 rings (SSSR count). The lowest BCUT2D eigenvalue weighted by atomic mass is 9.79. The van der Waals surface area contributed by atoms with Gasteiger partial charge in [0.15, 0.2) is 5.78 Å². The second-order valence-electron chi connectivity index (χ2n) is 16.1. The molecule has 69 heavy (non-hydrogen) atoms. The van der Waals surface area contributed by atoms with Gasteiger partial charge in [0, 0.05) is 75.5 Å². The number of Topliss-reactive ketones (excluding diaryl/α,β-unsaturated/α-hetero) is 1. The Hall–Kier alpha value is -7.06. The largest absolute Gasteiger partial charge is 0.481 e. The van der Waals surface area contributed by atoms with Gasteiger partial charge >= 0.3 is 0 Å². The van der Waals surface area contributed by atoms with Crippen molar-refractivity contribution in [1.82, 2.24) is 29.9 Å². The van der Waals surface area contributed by atoms with Crippen molar-refractivity contribution in [3.05, 3.63) is 129 Å². The fourth-order valence-corrected chi connectivity index (χ4v) is 8.39. The number of rotatable bonds is 15. The summed E-state index contributed by atoms with van der Waals surface area (Å²) in [5.41, 5.74) is 21.0. The van der Waals surface area contributed by atoms with Crippen molar-refractivity contribution in [2.75, 3.05) is 66.3 Å². The van der Waals surface area contributed by atoms with E-state index >= 15 is 0 Å². The lowest BCUT2D eigenvalue weighted by Gasteiger charge is -2.27. The summed E-state index contributed by atoms with van der Waals surface area (Å²) in [5, 5.41) is 4.44. The number of nitrogens with two attached hydrogens (primary N) is 3. The number of carbonyl (C=O) groups excluding carboxylic acids is 1. The molecular formula is C50H58F2N10O7. The number of oxime groups is 1. The number of anilines is 2. The molecule has 2 aliphatic rings. The molecule has 6 N–H and O–H groups in total. The standard InChI is InChI=1S/C25H28FN5O3.C21H19FN4O2.C4H11NO2/c1-15-24-21(30-25(27)28-15)12-16(13-22(24)31-34-11-5-10-32-2)18-9-8-17(26)14-19(18)20-6-4-7-23(29-20)33-3;1-11-20-17(26-21(23)24-11)8-12(9-18(20)27)14-7-6-13(22)10-15(14)16-4-3-5-19(25-16)28-2;1-6-3-2-4-7-5/h4,6-9,14,16H,5,10-13H2,1-3H3,(H2,27,28,30);3-7,10,12H,8-9H2,1-2H3,(H2,23,24,26);2-5H2,1H3/b31-22+;;. The topological polar surface area (TPSA) is 240 Å². The van der Waals surface area contributed by atoms with E-state index in [1.807, 2.05) is 19.1 Å². The Morgan fingerprint density at radius 1 is 0.609 bits per heavy atom. The van der Waals surface area contributed by atoms with Crippen LogP contribution in [0.25, 0.3) is 22.5 Å². The van der Waals surface area contributed by atoms with Crippen molar-refractivity contribution < 1.29 is 42.2 Å². The SMILES string of the molecule is COCCCO/N=C1\CC(c2ccc(F)cc2-c2cccc(OC)n2)Cc2nc(N)nc(C)c21.COCCCON.COc1cccc(-c2cc(F)ccc2C2CC(=O)c3c(C)nc(N)nc3C2)n1. The molecule has 0 saturated carbocycles. The number of methoxy groups -OCH3 is 4. The number of benzene rings is 2. The van der Waals surface area contributed by atoms with Crippen LogP contribution in [-0.2, 0) is 32.0 Å². The second kappa shape index (κ2) is 24.8. The number of ether oxygens (including phenoxy) is 4. The first-order valence-electron chi connectivity index (χ1n) is 22.3. The number of hydrogen-bond donors (Lipinski definition) is 3. The van der Waals surface area contributed by atoms with Gasteiger partial charge in [-0.25, -0.2) is 44.6 Å². The minimum absolute atomic E-state index is 0.0300. The molecule has 0 amide bonds. The quantitative estimate of drug-likeness (QED) is 0.0668. The molecule has 2 aliphatic carbocycles. The van der Waals surface area contributed by atoms with Gasteiger partial charge in [0.25, 0.3) is 0 Å². The Labute approximate surface area is 399 Å². The highest BCUT2D eigenvalue weighted by Crippen LogP contribution is 2.40. The molecule has 0 saturated heterocycles. The van der Waals surface area contributed by atoms with Crippen molar-refractivity contribution in [2.45, 2.75) is 64.2 Å². The number of nitrogens with zero attached hydrogens (tertiary/aromatic N) is 7. The fraction of sp³-hybridized carbons (Fsp3) is 0.360. The van der Waals surface area contributed by atoms with Crippen LogP contribution in [0.1, 0.15) is 87.3 Å². The van der Waals surface area contributed by atoms with Gasteiger partial charge in [-0.2, -0.15) is 0 Å². The van der Waals surface area contributed by atoms with Crippen molar-refractivity contribution in [3.63, 3.8) is 0 Å². The molecule has 19 heteroatoms. The molecule has 0 fully saturated rings. The van der Waals surface area contributed by atoms with Crippen LogP contribution in [0.2, 0.25) is 0 Å². The van der Waals surface area contributed by atoms with Crippen LogP contribution < -0.4 is 26.8 Å². The summed E-state index contributed by atoms with van der Waals surface area (Å²) in [6.45, 7) is 5.97. The Kier molecular flexibility index (Phi) is 18.5. The Bertz CT molecular complexity index is 2740. The van der Waals surface area contributed by atoms with E-state index in [4.69, 9.17) is 41.1 Å². The van der Waals surface area contributed by atoms with Crippen LogP contribution in [0.15, 0.2) is 78.0 Å². The summed E-state index contributed by atoms with van der Waals surface area (Å²) in [6, 6.07) is 20.1. The minimum atomic E-state index is -0.367. The molecule has 4 heterocycles. The van der Waals surface area contributed by atoms with E-state index in [9.17, 15) is 13.6 Å². The van der Waals surface area contributed by atoms with Crippen LogP contribution in [0, 0.1) is 25.5 Å². The monoisotopic (exact) mass is 948 g/mol. The summed E-state index contributed by atoms with van der Waals surface area (Å²) in [4.78, 5) is 48.8. The predicted octanol–water partition coefficient (Wildman–Crippen LogP) is 7.47. The first-order valence-corrected chi connectivity index (χ1v) is 22.3. The molecule has 2 unspecified atom stereocenters. The molecule has 0 spiro atoms. The van der Waals surface area contributed by atoms with Crippen LogP contribution in [0.3, 0.4) is 0 Å². The van der Waals surface area contributed by atoms with Gasteiger partial charge in [-0.05, 0) is 92.5 Å². The normalized spacial score (nSPS) is 15.5. The van der Waals surface area contributed by atoms with Gasteiger partial charge in [-0.15, -0.1) is 0 Å². The lowest BCUT2D eigenvalue weighted by Crippen LogP contribution is -2.24. The van der Waals surface area contributed by atoms with Crippen molar-refractivity contribution in [1.29, 1.82) is 0 Å². The summed E-state index contributed by atoms with van der Waals surface area (Å²) in [6.07, 6.45) is 3.60. The number of carbonyl (C=O) groups is 1. The van der Waals surface area contributed by atoms with Crippen LogP contribution in [0.5, 0.6) is 11.8 Å². The van der Waals surface area contributed by atoms with Gasteiger partial charge in [-0.1, -0.05) is 29.4 Å². The smallest absolute Gasteiger partial charge is 0.220 e. The summed E-state index contributed by atoms with van der Waals surface area (Å²) in [7, 11) is 6.38. The molecular weight excluding hydrogens is 891 g/mol. The van der Waals surface area contributed by atoms with E-state index in [0.29, 0.717) is 96.7 Å². The van der Waals surface area contributed by atoms with E-state index in [0.717, 1.165) is 53.2 Å². The Balaban J connectivity index is 0.000000202. The highest BCUT2D eigenvalue weighted by atomic mass is 19.1. The maximum Gasteiger partial charge on any atom is 0.220 e. The molecule has 17 nitrogen and oxygen atoms in total. The number of nitrogen functional groups attached to an aromatic ring is 2. The Morgan fingerprint density at radius 2 is 1.10 bits per heavy atom. The second-order valence-corrected chi connectivity index (χ2v) is 16.1. The molecule has 0 bridgehead atoms. The predicted molar refractivity (Wildman–Crippen MR) is 257 cm³/mol.